The van der Waals surface area contributed by atoms with Crippen LogP contribution >= 0.6 is 0 Å². The number of hydrogen-bond donors (Lipinski definition) is 2. The molecule has 0 aliphatic heterocycles. The van der Waals surface area contributed by atoms with E-state index in [4.69, 9.17) is 0 Å². The maximum Gasteiger partial charge on any atom is 0.314 e. The van der Waals surface area contributed by atoms with E-state index in [0.717, 1.165) is 38.5 Å². The first-order valence-electron chi connectivity index (χ1n) is 10.9. The summed E-state index contributed by atoms with van der Waals surface area (Å²) in [6.07, 6.45) is 7.06. The van der Waals surface area contributed by atoms with Crippen LogP contribution in [0.2, 0.25) is 0 Å². The van der Waals surface area contributed by atoms with Crippen LogP contribution in [0, 0.1) is 0 Å². The lowest BCUT2D eigenvalue weighted by Gasteiger charge is -2.38. The van der Waals surface area contributed by atoms with E-state index in [1.807, 2.05) is 38.1 Å². The molecule has 0 spiro atoms. The summed E-state index contributed by atoms with van der Waals surface area (Å²) in [5.74, 6) is -1.66. The second-order valence-corrected chi connectivity index (χ2v) is 8.03. The first kappa shape index (κ1) is 24.2. The molecule has 1 rings (SSSR count). The Morgan fingerprint density at radius 1 is 0.679 bits per heavy atom. The van der Waals surface area contributed by atoms with E-state index in [1.54, 1.807) is 0 Å². The largest absolute Gasteiger partial charge is 0.481 e. The van der Waals surface area contributed by atoms with Crippen LogP contribution in [0.1, 0.15) is 103 Å². The third kappa shape index (κ3) is 4.95. The van der Waals surface area contributed by atoms with Crippen molar-refractivity contribution in [1.82, 2.24) is 0 Å². The summed E-state index contributed by atoms with van der Waals surface area (Å²) in [7, 11) is 0. The third-order valence-corrected chi connectivity index (χ3v) is 6.04. The summed E-state index contributed by atoms with van der Waals surface area (Å²) in [5, 5.41) is 20.6. The molecule has 1 aromatic rings. The molecule has 0 aliphatic rings. The van der Waals surface area contributed by atoms with Gasteiger partial charge in [-0.3, -0.25) is 9.59 Å². The molecule has 1 aromatic carbocycles. The number of carbonyl (C=O) groups is 2. The summed E-state index contributed by atoms with van der Waals surface area (Å²) in [5.41, 5.74) is -0.626. The minimum absolute atomic E-state index is 0.523. The van der Waals surface area contributed by atoms with E-state index in [2.05, 4.69) is 13.8 Å². The normalized spacial score (nSPS) is 15.6. The molecule has 158 valence electrons. The van der Waals surface area contributed by atoms with Crippen LogP contribution in [0.15, 0.2) is 24.3 Å². The Morgan fingerprint density at radius 3 is 1.29 bits per heavy atom. The summed E-state index contributed by atoms with van der Waals surface area (Å²) in [6.45, 7) is 8.12. The molecule has 28 heavy (non-hydrogen) atoms. The average Bonchev–Trinajstić information content (AvgIpc) is 2.68. The topological polar surface area (TPSA) is 74.6 Å². The summed E-state index contributed by atoms with van der Waals surface area (Å²) >= 11 is 0. The van der Waals surface area contributed by atoms with Gasteiger partial charge in [-0.2, -0.15) is 0 Å². The Labute approximate surface area is 170 Å². The lowest BCUT2D eigenvalue weighted by atomic mass is 9.64. The fourth-order valence-electron chi connectivity index (χ4n) is 4.58. The fourth-order valence-corrected chi connectivity index (χ4v) is 4.58. The van der Waals surface area contributed by atoms with E-state index in [1.165, 1.54) is 0 Å². The smallest absolute Gasteiger partial charge is 0.314 e. The van der Waals surface area contributed by atoms with Gasteiger partial charge >= 0.3 is 11.9 Å². The number of rotatable bonds is 14. The first-order valence-corrected chi connectivity index (χ1v) is 10.9. The molecule has 4 heteroatoms. The Bertz CT molecular complexity index is 584. The van der Waals surface area contributed by atoms with Crippen LogP contribution in [0.25, 0.3) is 0 Å². The van der Waals surface area contributed by atoms with Crippen LogP contribution < -0.4 is 0 Å². The van der Waals surface area contributed by atoms with E-state index in [0.29, 0.717) is 36.8 Å². The van der Waals surface area contributed by atoms with Gasteiger partial charge in [-0.25, -0.2) is 0 Å². The highest BCUT2D eigenvalue weighted by molar-refractivity contribution is 5.86. The predicted octanol–water partition coefficient (Wildman–Crippen LogP) is 6.31. The molecule has 0 saturated carbocycles. The highest BCUT2D eigenvalue weighted by Crippen LogP contribution is 2.44. The van der Waals surface area contributed by atoms with Crippen LogP contribution in [0.4, 0.5) is 0 Å². The van der Waals surface area contributed by atoms with Gasteiger partial charge in [0, 0.05) is 0 Å². The zero-order valence-corrected chi connectivity index (χ0v) is 18.1. The Balaban J connectivity index is 3.76. The monoisotopic (exact) mass is 390 g/mol. The highest BCUT2D eigenvalue weighted by atomic mass is 16.4. The maximum atomic E-state index is 12.6. The SMILES string of the molecule is CCCCC(CCC)(C(=O)O)c1ccccc1C(CCC)(CCCC)C(=O)O. The summed E-state index contributed by atoms with van der Waals surface area (Å²) < 4.78 is 0. The lowest BCUT2D eigenvalue weighted by Crippen LogP contribution is -2.42. The maximum absolute atomic E-state index is 12.6. The van der Waals surface area contributed by atoms with Crippen LogP contribution in [0.3, 0.4) is 0 Å². The van der Waals surface area contributed by atoms with Gasteiger partial charge < -0.3 is 10.2 Å². The second kappa shape index (κ2) is 11.2. The molecule has 0 bridgehead atoms. The predicted molar refractivity (Wildman–Crippen MR) is 114 cm³/mol. The number of carboxylic acid groups (broad SMARTS) is 2. The molecule has 0 saturated heterocycles. The third-order valence-electron chi connectivity index (χ3n) is 6.04. The van der Waals surface area contributed by atoms with Gasteiger partial charge in [0.05, 0.1) is 10.8 Å². The first-order chi connectivity index (χ1) is 13.4. The van der Waals surface area contributed by atoms with Gasteiger partial charge in [0.1, 0.15) is 0 Å². The summed E-state index contributed by atoms with van der Waals surface area (Å²) in [4.78, 5) is 25.2. The average molecular weight is 391 g/mol. The number of benzene rings is 1. The van der Waals surface area contributed by atoms with Crippen molar-refractivity contribution in [3.8, 4) is 0 Å². The van der Waals surface area contributed by atoms with Crippen molar-refractivity contribution >= 4 is 11.9 Å². The molecule has 0 radical (unpaired) electrons. The minimum Gasteiger partial charge on any atom is -0.481 e. The van der Waals surface area contributed by atoms with Gasteiger partial charge in [-0.05, 0) is 36.8 Å². The molecule has 0 heterocycles. The van der Waals surface area contributed by atoms with Crippen LogP contribution in [-0.2, 0) is 20.4 Å². The van der Waals surface area contributed by atoms with E-state index in [9.17, 15) is 19.8 Å². The molecule has 2 unspecified atom stereocenters. The van der Waals surface area contributed by atoms with Crippen molar-refractivity contribution in [2.45, 2.75) is 103 Å². The van der Waals surface area contributed by atoms with Crippen molar-refractivity contribution in [2.75, 3.05) is 0 Å². The van der Waals surface area contributed by atoms with E-state index in [-0.39, 0.29) is 0 Å². The quantitative estimate of drug-likeness (QED) is 0.390. The molecule has 0 fully saturated rings. The molecule has 2 atom stereocenters. The van der Waals surface area contributed by atoms with Gasteiger partial charge in [0.15, 0.2) is 0 Å². The van der Waals surface area contributed by atoms with Crippen molar-refractivity contribution in [3.05, 3.63) is 35.4 Å². The molecular weight excluding hydrogens is 352 g/mol. The molecule has 0 amide bonds. The van der Waals surface area contributed by atoms with Crippen LogP contribution in [0.5, 0.6) is 0 Å². The minimum atomic E-state index is -1.03. The van der Waals surface area contributed by atoms with Gasteiger partial charge in [-0.1, -0.05) is 90.5 Å². The molecule has 2 N–H and O–H groups in total. The number of carboxylic acids is 2. The summed E-state index contributed by atoms with van der Waals surface area (Å²) in [6, 6.07) is 7.45. The molecule has 4 nitrogen and oxygen atoms in total. The standard InChI is InChI=1S/C24H38O4/c1-5-9-17-23(15-7-3,21(25)26)19-13-11-12-14-20(19)24(16-8-4,22(27)28)18-10-6-2/h11-14H,5-10,15-18H2,1-4H3,(H,25,26)(H,27,28). The van der Waals surface area contributed by atoms with Crippen molar-refractivity contribution < 1.29 is 19.8 Å². The van der Waals surface area contributed by atoms with Crippen molar-refractivity contribution in [2.24, 2.45) is 0 Å². The van der Waals surface area contributed by atoms with Gasteiger partial charge in [0.25, 0.3) is 0 Å². The Morgan fingerprint density at radius 2 is 1.04 bits per heavy atom. The lowest BCUT2D eigenvalue weighted by molar-refractivity contribution is -0.146. The zero-order valence-electron chi connectivity index (χ0n) is 18.1. The van der Waals surface area contributed by atoms with Gasteiger partial charge in [-0.15, -0.1) is 0 Å². The Kier molecular flexibility index (Phi) is 9.71. The van der Waals surface area contributed by atoms with Gasteiger partial charge in [0.2, 0.25) is 0 Å². The van der Waals surface area contributed by atoms with Crippen molar-refractivity contribution in [3.63, 3.8) is 0 Å². The van der Waals surface area contributed by atoms with E-state index >= 15 is 0 Å². The number of hydrogen-bond acceptors (Lipinski definition) is 2. The Hall–Kier alpha value is -1.84. The molecule has 0 aliphatic carbocycles. The van der Waals surface area contributed by atoms with Crippen LogP contribution in [-0.4, -0.2) is 22.2 Å². The number of unbranched alkanes of at least 4 members (excludes halogenated alkanes) is 2. The highest BCUT2D eigenvalue weighted by Gasteiger charge is 2.47. The fraction of sp³-hybridized carbons (Fsp3) is 0.667. The molecule has 0 aromatic heterocycles. The second-order valence-electron chi connectivity index (χ2n) is 8.03. The zero-order chi connectivity index (χ0) is 21.2. The van der Waals surface area contributed by atoms with Crippen molar-refractivity contribution in [1.29, 1.82) is 0 Å². The molecular formula is C24H38O4. The van der Waals surface area contributed by atoms with E-state index < -0.39 is 22.8 Å². The number of aliphatic carboxylic acids is 2.